The number of carbonyl (C=O) groups excluding carboxylic acids is 1. The van der Waals surface area contributed by atoms with Gasteiger partial charge < -0.3 is 15.0 Å². The molecule has 2 N–H and O–H groups in total. The molecule has 2 aromatic heterocycles. The van der Waals surface area contributed by atoms with E-state index < -0.39 is 47.7 Å². The summed E-state index contributed by atoms with van der Waals surface area (Å²) in [4.78, 5) is 43.9. The van der Waals surface area contributed by atoms with Gasteiger partial charge >= 0.3 is 12.1 Å². The lowest BCUT2D eigenvalue weighted by molar-refractivity contribution is -0.139. The summed E-state index contributed by atoms with van der Waals surface area (Å²) in [6.45, 7) is 7.29. The van der Waals surface area contributed by atoms with E-state index in [9.17, 15) is 37.1 Å². The van der Waals surface area contributed by atoms with E-state index in [0.717, 1.165) is 63.4 Å². The van der Waals surface area contributed by atoms with Crippen LogP contribution < -0.4 is 10.9 Å². The predicted octanol–water partition coefficient (Wildman–Crippen LogP) is 7.88. The lowest BCUT2D eigenvalue weighted by Crippen LogP contribution is -2.40. The number of carbonyl (C=O) groups is 2. The highest BCUT2D eigenvalue weighted by atomic mass is 19.4. The number of carboxylic acid groups (broad SMARTS) is 1. The fraction of sp³-hybridized carbons (Fsp3) is 0.385. The highest BCUT2D eigenvalue weighted by Gasteiger charge is 2.36. The van der Waals surface area contributed by atoms with Gasteiger partial charge in [-0.3, -0.25) is 19.4 Å². The summed E-state index contributed by atoms with van der Waals surface area (Å²) in [7, 11) is 0. The molecule has 5 rings (SSSR count). The van der Waals surface area contributed by atoms with Crippen LogP contribution in [0.25, 0.3) is 11.1 Å². The first kappa shape index (κ1) is 36.5. The van der Waals surface area contributed by atoms with Crippen molar-refractivity contribution in [3.8, 4) is 11.1 Å². The van der Waals surface area contributed by atoms with E-state index >= 15 is 0 Å². The Balaban J connectivity index is 1.56. The molecule has 0 aliphatic heterocycles. The predicted molar refractivity (Wildman–Crippen MR) is 182 cm³/mol. The van der Waals surface area contributed by atoms with Crippen LogP contribution in [-0.4, -0.2) is 26.5 Å². The molecule has 2 atom stereocenters. The van der Waals surface area contributed by atoms with Gasteiger partial charge in [0.25, 0.3) is 5.56 Å². The molecule has 0 radical (unpaired) electrons. The van der Waals surface area contributed by atoms with E-state index in [1.54, 1.807) is 24.4 Å². The first-order chi connectivity index (χ1) is 23.6. The highest BCUT2D eigenvalue weighted by Crippen LogP contribution is 2.39. The largest absolute Gasteiger partial charge is 0.481 e. The SMILES string of the molecule is Cc1cc(F)cc(C)c1-c1cc([C@H](CC(=O)O)NC(=O)[C@H](CC(C)C)n2cc(CCc3ccccn3)c(C(F)(F)F)cc2=O)cc2c1CCC2. The number of alkyl halides is 3. The van der Waals surface area contributed by atoms with Crippen LogP contribution in [0.1, 0.15) is 89.8 Å². The molecular formula is C39H41F4N3O4. The highest BCUT2D eigenvalue weighted by molar-refractivity contribution is 5.82. The molecule has 11 heteroatoms. The molecule has 50 heavy (non-hydrogen) atoms. The van der Waals surface area contributed by atoms with E-state index in [2.05, 4.69) is 10.3 Å². The summed E-state index contributed by atoms with van der Waals surface area (Å²) < 4.78 is 57.7. The van der Waals surface area contributed by atoms with Crippen molar-refractivity contribution in [2.45, 2.75) is 90.9 Å². The standard InChI is InChI=1S/C39H41F4N3O4/c1-22(2)14-34(46-21-26(11-12-29-9-5-6-13-44-29)32(19-35(46)47)39(41,42)43)38(50)45-33(20-36(48)49)27-17-25-8-7-10-30(25)31(18-27)37-23(3)15-28(40)16-24(37)4/h5-6,9,13,15-19,21-22,33-34H,7-8,10-12,14,20H2,1-4H3,(H,45,50)(H,48,49)/t33-,34-/m0/s1. The first-order valence-corrected chi connectivity index (χ1v) is 16.8. The Hall–Kier alpha value is -4.80. The normalized spacial score (nSPS) is 14.0. The van der Waals surface area contributed by atoms with E-state index in [-0.39, 0.29) is 36.6 Å². The second kappa shape index (κ2) is 15.0. The Morgan fingerprint density at radius 1 is 1.02 bits per heavy atom. The maximum absolute atomic E-state index is 14.3. The molecule has 2 heterocycles. The number of nitrogens with zero attached hydrogens (tertiary/aromatic N) is 2. The Morgan fingerprint density at radius 2 is 1.74 bits per heavy atom. The summed E-state index contributed by atoms with van der Waals surface area (Å²) in [6, 6.07) is 10.1. The topological polar surface area (TPSA) is 101 Å². The van der Waals surface area contributed by atoms with Crippen molar-refractivity contribution in [1.29, 1.82) is 0 Å². The van der Waals surface area contributed by atoms with Crippen LogP contribution in [-0.2, 0) is 41.4 Å². The zero-order chi connectivity index (χ0) is 36.3. The molecule has 0 unspecified atom stereocenters. The number of pyridine rings is 2. The minimum atomic E-state index is -4.80. The van der Waals surface area contributed by atoms with Crippen LogP contribution in [0.3, 0.4) is 0 Å². The third-order valence-corrected chi connectivity index (χ3v) is 9.28. The molecule has 0 bridgehead atoms. The lowest BCUT2D eigenvalue weighted by atomic mass is 9.87. The van der Waals surface area contributed by atoms with Gasteiger partial charge in [0.15, 0.2) is 0 Å². The molecule has 1 amide bonds. The minimum absolute atomic E-state index is 0.0794. The smallest absolute Gasteiger partial charge is 0.416 e. The van der Waals surface area contributed by atoms with Crippen molar-refractivity contribution >= 4 is 11.9 Å². The molecule has 1 aliphatic carbocycles. The average Bonchev–Trinajstić information content (AvgIpc) is 3.51. The first-order valence-electron chi connectivity index (χ1n) is 16.8. The number of fused-ring (bicyclic) bond motifs is 1. The molecule has 2 aromatic carbocycles. The fourth-order valence-electron chi connectivity index (χ4n) is 7.09. The van der Waals surface area contributed by atoms with Gasteiger partial charge in [-0.05, 0) is 133 Å². The molecule has 0 saturated carbocycles. The molecular weight excluding hydrogens is 650 g/mol. The van der Waals surface area contributed by atoms with Gasteiger partial charge in [-0.2, -0.15) is 13.2 Å². The van der Waals surface area contributed by atoms with Crippen molar-refractivity contribution in [1.82, 2.24) is 14.9 Å². The molecule has 0 spiro atoms. The number of carboxylic acids is 1. The molecule has 0 saturated heterocycles. The molecule has 7 nitrogen and oxygen atoms in total. The van der Waals surface area contributed by atoms with Crippen molar-refractivity contribution in [2.75, 3.05) is 0 Å². The molecule has 1 aliphatic rings. The third kappa shape index (κ3) is 8.31. The fourth-order valence-corrected chi connectivity index (χ4v) is 7.09. The summed E-state index contributed by atoms with van der Waals surface area (Å²) in [6.07, 6.45) is 0.0282. The lowest BCUT2D eigenvalue weighted by Gasteiger charge is -2.27. The summed E-state index contributed by atoms with van der Waals surface area (Å²) >= 11 is 0. The maximum Gasteiger partial charge on any atom is 0.416 e. The number of amides is 1. The van der Waals surface area contributed by atoms with Crippen molar-refractivity contribution in [3.05, 3.63) is 122 Å². The number of aryl methyl sites for hydroxylation is 5. The number of aliphatic carboxylic acids is 1. The van der Waals surface area contributed by atoms with Crippen LogP contribution >= 0.6 is 0 Å². The van der Waals surface area contributed by atoms with Crippen LogP contribution in [0.15, 0.2) is 65.7 Å². The van der Waals surface area contributed by atoms with E-state index in [4.69, 9.17) is 0 Å². The molecule has 264 valence electrons. The van der Waals surface area contributed by atoms with Gasteiger partial charge in [0, 0.05) is 24.2 Å². The monoisotopic (exact) mass is 691 g/mol. The summed E-state index contributed by atoms with van der Waals surface area (Å²) in [5, 5.41) is 12.8. The van der Waals surface area contributed by atoms with E-state index in [0.29, 0.717) is 17.3 Å². The van der Waals surface area contributed by atoms with Gasteiger partial charge in [0.05, 0.1) is 18.0 Å². The Morgan fingerprint density at radius 3 is 2.36 bits per heavy atom. The van der Waals surface area contributed by atoms with E-state index in [1.165, 1.54) is 12.1 Å². The van der Waals surface area contributed by atoms with Crippen molar-refractivity contribution < 1.29 is 32.3 Å². The zero-order valence-electron chi connectivity index (χ0n) is 28.5. The number of aromatic nitrogens is 2. The quantitative estimate of drug-likeness (QED) is 0.147. The number of rotatable bonds is 12. The second-order valence-corrected chi connectivity index (χ2v) is 13.6. The van der Waals surface area contributed by atoms with E-state index in [1.807, 2.05) is 39.8 Å². The van der Waals surface area contributed by atoms with Crippen molar-refractivity contribution in [3.63, 3.8) is 0 Å². The zero-order valence-corrected chi connectivity index (χ0v) is 28.5. The van der Waals surface area contributed by atoms with Crippen LogP contribution in [0.4, 0.5) is 17.6 Å². The second-order valence-electron chi connectivity index (χ2n) is 13.6. The molecule has 0 fully saturated rings. The molecule has 4 aromatic rings. The summed E-state index contributed by atoms with van der Waals surface area (Å²) in [5.41, 5.74) is 4.17. The van der Waals surface area contributed by atoms with Gasteiger partial charge in [-0.15, -0.1) is 0 Å². The Kier molecular flexibility index (Phi) is 10.9. The maximum atomic E-state index is 14.3. The summed E-state index contributed by atoms with van der Waals surface area (Å²) in [5.74, 6) is -2.36. The third-order valence-electron chi connectivity index (χ3n) is 9.28. The number of hydrogen-bond donors (Lipinski definition) is 2. The number of benzene rings is 2. The van der Waals surface area contributed by atoms with Crippen molar-refractivity contribution in [2.24, 2.45) is 5.92 Å². The number of halogens is 4. The van der Waals surface area contributed by atoms with Gasteiger partial charge in [-0.1, -0.05) is 26.0 Å². The number of hydrogen-bond acceptors (Lipinski definition) is 4. The van der Waals surface area contributed by atoms with Crippen LogP contribution in [0, 0.1) is 25.6 Å². The average molecular weight is 692 g/mol. The van der Waals surface area contributed by atoms with Gasteiger partial charge in [-0.25, -0.2) is 4.39 Å². The number of nitrogens with one attached hydrogen (secondary N) is 1. The van der Waals surface area contributed by atoms with Gasteiger partial charge in [0.2, 0.25) is 5.91 Å². The van der Waals surface area contributed by atoms with Crippen LogP contribution in [0.2, 0.25) is 0 Å². The van der Waals surface area contributed by atoms with Crippen LogP contribution in [0.5, 0.6) is 0 Å². The van der Waals surface area contributed by atoms with Gasteiger partial charge in [0.1, 0.15) is 11.9 Å². The minimum Gasteiger partial charge on any atom is -0.481 e. The Labute approximate surface area is 288 Å². The Bertz CT molecular complexity index is 1930.